The van der Waals surface area contributed by atoms with Gasteiger partial charge in [-0.2, -0.15) is 0 Å². The molecule has 0 aromatic heterocycles. The molecule has 8 heteroatoms. The Morgan fingerprint density at radius 3 is 2.81 bits per heavy atom. The first kappa shape index (κ1) is 15.2. The molecule has 0 bridgehead atoms. The number of rotatable bonds is 4. The van der Waals surface area contributed by atoms with Crippen LogP contribution in [0.4, 0.5) is 5.69 Å². The van der Waals surface area contributed by atoms with Crippen molar-refractivity contribution in [2.24, 2.45) is 0 Å². The molecule has 0 spiro atoms. The van der Waals surface area contributed by atoms with E-state index in [-0.39, 0.29) is 17.3 Å². The van der Waals surface area contributed by atoms with Crippen LogP contribution in [0.25, 0.3) is 6.08 Å². The zero-order chi connectivity index (χ0) is 15.6. The van der Waals surface area contributed by atoms with Crippen LogP contribution in [0.1, 0.15) is 5.56 Å². The van der Waals surface area contributed by atoms with Crippen LogP contribution < -0.4 is 0 Å². The highest BCUT2D eigenvalue weighted by Gasteiger charge is 2.31. The number of thiocarbonyl (C=S) groups is 1. The summed E-state index contributed by atoms with van der Waals surface area (Å²) in [6.45, 7) is 3.87. The smallest absolute Gasteiger partial charge is 0.273 e. The number of non-ortho nitro benzene ring substituents is 1. The topological polar surface area (TPSA) is 83.7 Å². The second kappa shape index (κ2) is 6.06. The van der Waals surface area contributed by atoms with E-state index < -0.39 is 4.92 Å². The van der Waals surface area contributed by atoms with Gasteiger partial charge in [0.25, 0.3) is 11.6 Å². The van der Waals surface area contributed by atoms with Gasteiger partial charge in [0.05, 0.1) is 15.9 Å². The Bertz CT molecular complexity index is 685. The van der Waals surface area contributed by atoms with Gasteiger partial charge in [-0.25, -0.2) is 0 Å². The largest absolute Gasteiger partial charge is 0.507 e. The Hall–Kier alpha value is -2.19. The normalized spacial score (nSPS) is 16.6. The number of hydrogen-bond acceptors (Lipinski definition) is 6. The fourth-order valence-corrected chi connectivity index (χ4v) is 2.96. The summed E-state index contributed by atoms with van der Waals surface area (Å²) in [6.07, 6.45) is 3.03. The number of aromatic hydroxyl groups is 1. The number of thioether (sulfide) groups is 1. The molecule has 0 saturated carbocycles. The number of benzene rings is 1. The maximum atomic E-state index is 12.1. The maximum absolute atomic E-state index is 12.1. The van der Waals surface area contributed by atoms with E-state index in [0.717, 1.165) is 17.8 Å². The van der Waals surface area contributed by atoms with Gasteiger partial charge < -0.3 is 5.11 Å². The first-order chi connectivity index (χ1) is 9.93. The van der Waals surface area contributed by atoms with Gasteiger partial charge in [-0.1, -0.05) is 30.1 Å². The van der Waals surface area contributed by atoms with E-state index in [1.165, 1.54) is 23.1 Å². The van der Waals surface area contributed by atoms with Crippen LogP contribution in [0.2, 0.25) is 0 Å². The van der Waals surface area contributed by atoms with Crippen LogP contribution in [0.3, 0.4) is 0 Å². The van der Waals surface area contributed by atoms with Gasteiger partial charge in [-0.15, -0.1) is 6.58 Å². The van der Waals surface area contributed by atoms with Gasteiger partial charge in [0.1, 0.15) is 10.1 Å². The van der Waals surface area contributed by atoms with Crippen LogP contribution in [0, 0.1) is 10.1 Å². The molecule has 1 amide bonds. The summed E-state index contributed by atoms with van der Waals surface area (Å²) < 4.78 is 0.410. The SMILES string of the molecule is C=CCN1C(=O)/C(=C\c2ccc([N+](=O)[O-])cc2O)SC1=S. The number of nitro benzene ring substituents is 1. The van der Waals surface area contributed by atoms with Crippen molar-refractivity contribution in [3.8, 4) is 5.75 Å². The third kappa shape index (κ3) is 3.11. The van der Waals surface area contributed by atoms with E-state index in [1.807, 2.05) is 0 Å². The Morgan fingerprint density at radius 1 is 1.52 bits per heavy atom. The third-order valence-corrected chi connectivity index (χ3v) is 4.07. The molecule has 1 aromatic carbocycles. The number of phenolic OH excluding ortho intramolecular Hbond substituents is 1. The molecule has 2 rings (SSSR count). The van der Waals surface area contributed by atoms with Crippen LogP contribution in [-0.4, -0.2) is 31.7 Å². The molecular weight excluding hydrogens is 312 g/mol. The average molecular weight is 322 g/mol. The van der Waals surface area contributed by atoms with Crippen molar-refractivity contribution < 1.29 is 14.8 Å². The highest BCUT2D eigenvalue weighted by molar-refractivity contribution is 8.26. The van der Waals surface area contributed by atoms with Crippen LogP contribution in [-0.2, 0) is 4.79 Å². The quantitative estimate of drug-likeness (QED) is 0.302. The van der Waals surface area contributed by atoms with E-state index in [2.05, 4.69) is 6.58 Å². The number of phenols is 1. The fraction of sp³-hybridized carbons (Fsp3) is 0.0769. The second-order valence-corrected chi connectivity index (χ2v) is 5.76. The number of carbonyl (C=O) groups excluding carboxylic acids is 1. The molecule has 1 heterocycles. The molecule has 6 nitrogen and oxygen atoms in total. The minimum absolute atomic E-state index is 0.219. The molecule has 1 aliphatic rings. The van der Waals surface area contributed by atoms with Crippen molar-refractivity contribution in [3.63, 3.8) is 0 Å². The predicted octanol–water partition coefficient (Wildman–Crippen LogP) is 2.69. The molecule has 0 atom stereocenters. The Balaban J connectivity index is 2.32. The third-order valence-electron chi connectivity index (χ3n) is 2.70. The first-order valence-corrected chi connectivity index (χ1v) is 7.00. The van der Waals surface area contributed by atoms with E-state index >= 15 is 0 Å². The van der Waals surface area contributed by atoms with Gasteiger partial charge in [-0.3, -0.25) is 19.8 Å². The average Bonchev–Trinajstić information content (AvgIpc) is 2.69. The molecule has 1 fully saturated rings. The van der Waals surface area contributed by atoms with Crippen molar-refractivity contribution in [1.82, 2.24) is 4.90 Å². The Morgan fingerprint density at radius 2 is 2.24 bits per heavy atom. The molecule has 1 saturated heterocycles. The van der Waals surface area contributed by atoms with Gasteiger partial charge in [0.2, 0.25) is 0 Å². The highest BCUT2D eigenvalue weighted by atomic mass is 32.2. The minimum Gasteiger partial charge on any atom is -0.507 e. The summed E-state index contributed by atoms with van der Waals surface area (Å²) in [5.41, 5.74) is 0.101. The van der Waals surface area contributed by atoms with E-state index in [9.17, 15) is 20.0 Å². The summed E-state index contributed by atoms with van der Waals surface area (Å²) in [7, 11) is 0. The second-order valence-electron chi connectivity index (χ2n) is 4.08. The van der Waals surface area contributed by atoms with Crippen molar-refractivity contribution >= 4 is 46.0 Å². The lowest BCUT2D eigenvalue weighted by molar-refractivity contribution is -0.384. The van der Waals surface area contributed by atoms with Gasteiger partial charge in [0.15, 0.2) is 0 Å². The zero-order valence-corrected chi connectivity index (χ0v) is 12.3. The summed E-state index contributed by atoms with van der Waals surface area (Å²) >= 11 is 6.20. The standard InChI is InChI=1S/C13H10N2O4S2/c1-2-5-14-12(17)11(21-13(14)20)6-8-3-4-9(15(18)19)7-10(8)16/h2-4,6-7,16H,1,5H2/b11-6+. The number of carbonyl (C=O) groups is 1. The Kier molecular flexibility index (Phi) is 4.39. The minimum atomic E-state index is -0.604. The fourth-order valence-electron chi connectivity index (χ4n) is 1.70. The monoisotopic (exact) mass is 322 g/mol. The predicted molar refractivity (Wildman–Crippen MR) is 84.8 cm³/mol. The molecule has 1 aromatic rings. The van der Waals surface area contributed by atoms with Crippen molar-refractivity contribution in [3.05, 3.63) is 51.4 Å². The maximum Gasteiger partial charge on any atom is 0.273 e. The molecule has 0 aliphatic carbocycles. The Labute approximate surface area is 129 Å². The summed E-state index contributed by atoms with van der Waals surface area (Å²) in [5.74, 6) is -0.541. The lowest BCUT2D eigenvalue weighted by Crippen LogP contribution is -2.27. The van der Waals surface area contributed by atoms with Crippen molar-refractivity contribution in [2.75, 3.05) is 6.54 Å². The van der Waals surface area contributed by atoms with Crippen LogP contribution in [0.5, 0.6) is 5.75 Å². The van der Waals surface area contributed by atoms with E-state index in [4.69, 9.17) is 12.2 Å². The number of hydrogen-bond donors (Lipinski definition) is 1. The van der Waals surface area contributed by atoms with Crippen LogP contribution in [0.15, 0.2) is 35.8 Å². The van der Waals surface area contributed by atoms with Gasteiger partial charge >= 0.3 is 0 Å². The molecule has 21 heavy (non-hydrogen) atoms. The summed E-state index contributed by atoms with van der Waals surface area (Å²) in [6, 6.07) is 3.68. The highest BCUT2D eigenvalue weighted by Crippen LogP contribution is 2.34. The molecule has 1 aliphatic heterocycles. The zero-order valence-electron chi connectivity index (χ0n) is 10.7. The lowest BCUT2D eigenvalue weighted by Gasteiger charge is -2.10. The van der Waals surface area contributed by atoms with Crippen molar-refractivity contribution in [2.45, 2.75) is 0 Å². The van der Waals surface area contributed by atoms with Gasteiger partial charge in [0, 0.05) is 18.2 Å². The molecule has 0 radical (unpaired) electrons. The van der Waals surface area contributed by atoms with Crippen molar-refractivity contribution in [1.29, 1.82) is 0 Å². The molecule has 0 unspecified atom stereocenters. The summed E-state index contributed by atoms with van der Waals surface area (Å²) in [5, 5.41) is 20.4. The molecule has 1 N–H and O–H groups in total. The van der Waals surface area contributed by atoms with E-state index in [0.29, 0.717) is 21.3 Å². The van der Waals surface area contributed by atoms with E-state index in [1.54, 1.807) is 6.08 Å². The summed E-state index contributed by atoms with van der Waals surface area (Å²) in [4.78, 5) is 23.9. The van der Waals surface area contributed by atoms with Crippen LogP contribution >= 0.6 is 24.0 Å². The molecular formula is C13H10N2O4S2. The number of nitrogens with zero attached hydrogens (tertiary/aromatic N) is 2. The number of nitro groups is 1. The first-order valence-electron chi connectivity index (χ1n) is 5.77. The molecule has 108 valence electrons. The number of amides is 1. The lowest BCUT2D eigenvalue weighted by atomic mass is 10.1. The van der Waals surface area contributed by atoms with Gasteiger partial charge in [-0.05, 0) is 12.1 Å².